The van der Waals surface area contributed by atoms with Crippen molar-refractivity contribution in [3.63, 3.8) is 0 Å². The Morgan fingerprint density at radius 1 is 1.27 bits per heavy atom. The van der Waals surface area contributed by atoms with Gasteiger partial charge in [-0.25, -0.2) is 4.99 Å². The largest absolute Gasteiger partial charge is 0.364 e. The summed E-state index contributed by atoms with van der Waals surface area (Å²) >= 11 is 0. The fourth-order valence-corrected chi connectivity index (χ4v) is 3.05. The first-order valence-corrected chi connectivity index (χ1v) is 9.21. The van der Waals surface area contributed by atoms with E-state index in [0.717, 1.165) is 56.0 Å². The highest BCUT2D eigenvalue weighted by atomic mass is 16.5. The molecule has 2 aromatic heterocycles. The molecule has 0 amide bonds. The van der Waals surface area contributed by atoms with Gasteiger partial charge < -0.3 is 19.3 Å². The number of guanidine groups is 1. The summed E-state index contributed by atoms with van der Waals surface area (Å²) in [6.45, 7) is 7.22. The van der Waals surface area contributed by atoms with Crippen LogP contribution in [0.5, 0.6) is 0 Å². The van der Waals surface area contributed by atoms with Crippen molar-refractivity contribution in [3.05, 3.63) is 29.7 Å². The molecule has 0 atom stereocenters. The molecule has 1 aliphatic carbocycles. The van der Waals surface area contributed by atoms with Gasteiger partial charge in [-0.05, 0) is 19.8 Å². The average Bonchev–Trinajstić information content (AvgIpc) is 3.22. The summed E-state index contributed by atoms with van der Waals surface area (Å²) in [6, 6.07) is 2.50. The summed E-state index contributed by atoms with van der Waals surface area (Å²) in [5, 5.41) is 15.9. The predicted octanol–water partition coefficient (Wildman–Crippen LogP) is 0.537. The van der Waals surface area contributed by atoms with Gasteiger partial charge in [-0.1, -0.05) is 5.16 Å². The second-order valence-electron chi connectivity index (χ2n) is 7.03. The molecule has 9 nitrogen and oxygen atoms in total. The number of hydrogen-bond acceptors (Lipinski definition) is 6. The Morgan fingerprint density at radius 3 is 2.69 bits per heavy atom. The first-order valence-electron chi connectivity index (χ1n) is 9.21. The Bertz CT molecular complexity index is 741. The van der Waals surface area contributed by atoms with Crippen molar-refractivity contribution in [2.45, 2.75) is 38.9 Å². The van der Waals surface area contributed by atoms with Crippen LogP contribution in [0.4, 0.5) is 0 Å². The molecule has 140 valence electrons. The van der Waals surface area contributed by atoms with Crippen molar-refractivity contribution in [1.82, 2.24) is 35.0 Å². The molecule has 1 saturated carbocycles. The third-order valence-corrected chi connectivity index (χ3v) is 5.01. The molecule has 26 heavy (non-hydrogen) atoms. The molecule has 4 rings (SSSR count). The molecule has 1 saturated heterocycles. The lowest BCUT2D eigenvalue weighted by Gasteiger charge is -2.36. The molecule has 2 aromatic rings. The predicted molar refractivity (Wildman–Crippen MR) is 96.4 cm³/mol. The van der Waals surface area contributed by atoms with Gasteiger partial charge >= 0.3 is 0 Å². The Hall–Kier alpha value is -2.42. The first kappa shape index (κ1) is 17.0. The Morgan fingerprint density at radius 2 is 2.08 bits per heavy atom. The highest BCUT2D eigenvalue weighted by molar-refractivity contribution is 5.80. The molecule has 1 N–H and O–H groups in total. The second-order valence-corrected chi connectivity index (χ2v) is 7.03. The molecule has 0 aromatic carbocycles. The van der Waals surface area contributed by atoms with E-state index in [9.17, 15) is 0 Å². The van der Waals surface area contributed by atoms with E-state index in [2.05, 4.69) is 30.5 Å². The number of aliphatic imine (C=N–C) groups is 1. The van der Waals surface area contributed by atoms with Gasteiger partial charge in [-0.2, -0.15) is 0 Å². The summed E-state index contributed by atoms with van der Waals surface area (Å²) in [7, 11) is 1.98. The summed E-state index contributed by atoms with van der Waals surface area (Å²) in [5.74, 6) is 2.80. The summed E-state index contributed by atoms with van der Waals surface area (Å²) in [4.78, 5) is 9.58. The maximum Gasteiger partial charge on any atom is 0.194 e. The molecule has 1 aliphatic heterocycles. The number of aromatic nitrogens is 4. The maximum atomic E-state index is 4.92. The molecule has 2 fully saturated rings. The second kappa shape index (κ2) is 7.45. The molecule has 0 unspecified atom stereocenters. The minimum Gasteiger partial charge on any atom is -0.364 e. The van der Waals surface area contributed by atoms with Crippen LogP contribution in [-0.4, -0.2) is 67.9 Å². The zero-order valence-corrected chi connectivity index (χ0v) is 15.4. The van der Waals surface area contributed by atoms with Crippen LogP contribution in [0.15, 0.2) is 21.8 Å². The van der Waals surface area contributed by atoms with Crippen LogP contribution in [0, 0.1) is 6.92 Å². The zero-order valence-electron chi connectivity index (χ0n) is 15.4. The maximum absolute atomic E-state index is 4.92. The van der Waals surface area contributed by atoms with Crippen LogP contribution >= 0.6 is 0 Å². The number of rotatable bonds is 5. The minimum atomic E-state index is 0.547. The van der Waals surface area contributed by atoms with Gasteiger partial charge in [-0.3, -0.25) is 4.90 Å². The van der Waals surface area contributed by atoms with E-state index >= 15 is 0 Å². The van der Waals surface area contributed by atoms with Gasteiger partial charge in [-0.15, -0.1) is 10.2 Å². The monoisotopic (exact) mass is 358 g/mol. The first-order chi connectivity index (χ1) is 12.7. The zero-order chi connectivity index (χ0) is 17.9. The minimum absolute atomic E-state index is 0.547. The number of hydrogen-bond donors (Lipinski definition) is 1. The smallest absolute Gasteiger partial charge is 0.194 e. The van der Waals surface area contributed by atoms with Crippen molar-refractivity contribution in [1.29, 1.82) is 0 Å². The number of nitrogens with zero attached hydrogens (tertiary/aromatic N) is 7. The van der Waals surface area contributed by atoms with Crippen molar-refractivity contribution in [2.24, 2.45) is 12.0 Å². The van der Waals surface area contributed by atoms with Crippen LogP contribution in [0.1, 0.15) is 30.2 Å². The van der Waals surface area contributed by atoms with Crippen molar-refractivity contribution in [3.8, 4) is 0 Å². The molecule has 0 bridgehead atoms. The molecule has 0 radical (unpaired) electrons. The van der Waals surface area contributed by atoms with Crippen LogP contribution in [0.2, 0.25) is 0 Å². The van der Waals surface area contributed by atoms with Crippen molar-refractivity contribution >= 4 is 5.96 Å². The van der Waals surface area contributed by atoms with E-state index in [1.807, 2.05) is 24.6 Å². The normalized spacial score (nSPS) is 19.2. The average molecular weight is 358 g/mol. The lowest BCUT2D eigenvalue weighted by atomic mass is 10.3. The van der Waals surface area contributed by atoms with Crippen LogP contribution in [0.3, 0.4) is 0 Å². The van der Waals surface area contributed by atoms with Crippen molar-refractivity contribution < 1.29 is 4.52 Å². The van der Waals surface area contributed by atoms with Gasteiger partial charge in [0.25, 0.3) is 0 Å². The standard InChI is InChI=1S/C17H26N8O/c1-13-20-21-16(23(13)2)11-18-17(19-14-3-4-14)25-8-6-24(7-9-25)12-15-5-10-26-22-15/h5,10,14H,3-4,6-9,11-12H2,1-2H3,(H,18,19). The number of piperazine rings is 1. The van der Waals surface area contributed by atoms with Crippen molar-refractivity contribution in [2.75, 3.05) is 26.2 Å². The fourth-order valence-electron chi connectivity index (χ4n) is 3.05. The fraction of sp³-hybridized carbons (Fsp3) is 0.647. The lowest BCUT2D eigenvalue weighted by Crippen LogP contribution is -2.52. The van der Waals surface area contributed by atoms with Gasteiger partial charge in [0.2, 0.25) is 0 Å². The highest BCUT2D eigenvalue weighted by Gasteiger charge is 2.27. The van der Waals surface area contributed by atoms with E-state index in [0.29, 0.717) is 12.6 Å². The van der Waals surface area contributed by atoms with Crippen LogP contribution < -0.4 is 5.32 Å². The molecule has 9 heteroatoms. The Kier molecular flexibility index (Phi) is 4.87. The third-order valence-electron chi connectivity index (χ3n) is 5.01. The third kappa shape index (κ3) is 4.04. The highest BCUT2D eigenvalue weighted by Crippen LogP contribution is 2.19. The Labute approximate surface area is 153 Å². The molecule has 2 aliphatic rings. The SMILES string of the molecule is Cc1nnc(CN=C(NC2CC2)N2CCN(Cc3ccon3)CC2)n1C. The van der Waals surface area contributed by atoms with E-state index in [4.69, 9.17) is 9.52 Å². The summed E-state index contributed by atoms with van der Waals surface area (Å²) < 4.78 is 6.92. The Balaban J connectivity index is 1.37. The molecular weight excluding hydrogens is 332 g/mol. The molecule has 0 spiro atoms. The van der Waals surface area contributed by atoms with E-state index in [1.54, 1.807) is 6.26 Å². The lowest BCUT2D eigenvalue weighted by molar-refractivity contribution is 0.168. The summed E-state index contributed by atoms with van der Waals surface area (Å²) in [5.41, 5.74) is 0.987. The van der Waals surface area contributed by atoms with E-state index in [1.165, 1.54) is 12.8 Å². The molecule has 3 heterocycles. The topological polar surface area (TPSA) is 87.6 Å². The quantitative estimate of drug-likeness (QED) is 0.616. The summed E-state index contributed by atoms with van der Waals surface area (Å²) in [6.07, 6.45) is 4.09. The van der Waals surface area contributed by atoms with E-state index < -0.39 is 0 Å². The van der Waals surface area contributed by atoms with Gasteiger partial charge in [0.15, 0.2) is 11.8 Å². The van der Waals surface area contributed by atoms with Crippen LogP contribution in [0.25, 0.3) is 0 Å². The van der Waals surface area contributed by atoms with Gasteiger partial charge in [0, 0.05) is 51.9 Å². The molecular formula is C17H26N8O. The van der Waals surface area contributed by atoms with E-state index in [-0.39, 0.29) is 0 Å². The van der Waals surface area contributed by atoms with Gasteiger partial charge in [0.1, 0.15) is 18.6 Å². The number of nitrogens with one attached hydrogen (secondary N) is 1. The van der Waals surface area contributed by atoms with Crippen LogP contribution in [-0.2, 0) is 20.1 Å². The number of aryl methyl sites for hydroxylation is 1. The van der Waals surface area contributed by atoms with Gasteiger partial charge in [0.05, 0.1) is 5.69 Å².